The van der Waals surface area contributed by atoms with Crippen LogP contribution in [0.2, 0.25) is 0 Å². The van der Waals surface area contributed by atoms with Crippen molar-refractivity contribution < 1.29 is 4.74 Å². The highest BCUT2D eigenvalue weighted by molar-refractivity contribution is 5.17. The maximum Gasteiger partial charge on any atom is 0.0957 e. The summed E-state index contributed by atoms with van der Waals surface area (Å²) in [5, 5.41) is 0. The van der Waals surface area contributed by atoms with Crippen LogP contribution in [0.25, 0.3) is 0 Å². The molecule has 0 aromatic heterocycles. The van der Waals surface area contributed by atoms with Crippen molar-refractivity contribution in [1.82, 2.24) is 0 Å². The normalized spacial score (nSPS) is 35.8. The van der Waals surface area contributed by atoms with E-state index in [-0.39, 0.29) is 0 Å². The molecule has 1 aliphatic carbocycles. The SMILES string of the molecule is C[C@@H]1CC2=C(CCCO2)[C@@H](C)C1. The topological polar surface area (TPSA) is 9.23 Å². The van der Waals surface area contributed by atoms with Gasteiger partial charge in [-0.3, -0.25) is 0 Å². The van der Waals surface area contributed by atoms with Gasteiger partial charge in [-0.05, 0) is 36.7 Å². The Hall–Kier alpha value is -0.460. The average Bonchev–Trinajstić information content (AvgIpc) is 2.04. The van der Waals surface area contributed by atoms with Gasteiger partial charge in [0.1, 0.15) is 0 Å². The Bertz CT molecular complexity index is 205. The summed E-state index contributed by atoms with van der Waals surface area (Å²) in [6.45, 7) is 5.64. The van der Waals surface area contributed by atoms with Crippen LogP contribution in [-0.2, 0) is 4.74 Å². The van der Waals surface area contributed by atoms with Gasteiger partial charge in [0, 0.05) is 6.42 Å². The van der Waals surface area contributed by atoms with Gasteiger partial charge in [0.25, 0.3) is 0 Å². The van der Waals surface area contributed by atoms with Crippen LogP contribution in [0, 0.1) is 11.8 Å². The molecule has 0 spiro atoms. The summed E-state index contributed by atoms with van der Waals surface area (Å²) >= 11 is 0. The van der Waals surface area contributed by atoms with Crippen molar-refractivity contribution in [2.45, 2.75) is 39.5 Å². The zero-order valence-electron chi connectivity index (χ0n) is 8.10. The van der Waals surface area contributed by atoms with Gasteiger partial charge in [0.05, 0.1) is 12.4 Å². The Morgan fingerprint density at radius 2 is 2.17 bits per heavy atom. The van der Waals surface area contributed by atoms with Gasteiger partial charge in [0.2, 0.25) is 0 Å². The summed E-state index contributed by atoms with van der Waals surface area (Å²) in [5.41, 5.74) is 1.62. The zero-order chi connectivity index (χ0) is 8.55. The maximum atomic E-state index is 5.70. The van der Waals surface area contributed by atoms with E-state index in [0.29, 0.717) is 0 Å². The Morgan fingerprint density at radius 3 is 3.00 bits per heavy atom. The molecular weight excluding hydrogens is 148 g/mol. The Morgan fingerprint density at radius 1 is 1.33 bits per heavy atom. The molecule has 0 aromatic carbocycles. The monoisotopic (exact) mass is 166 g/mol. The quantitative estimate of drug-likeness (QED) is 0.537. The minimum absolute atomic E-state index is 0.782. The predicted molar refractivity (Wildman–Crippen MR) is 49.8 cm³/mol. The van der Waals surface area contributed by atoms with E-state index in [9.17, 15) is 0 Å². The van der Waals surface area contributed by atoms with Gasteiger partial charge < -0.3 is 4.74 Å². The molecule has 2 atom stereocenters. The molecule has 2 aliphatic rings. The van der Waals surface area contributed by atoms with Crippen molar-refractivity contribution in [1.29, 1.82) is 0 Å². The molecule has 1 aliphatic heterocycles. The average molecular weight is 166 g/mol. The summed E-state index contributed by atoms with van der Waals surface area (Å²) in [6, 6.07) is 0. The van der Waals surface area contributed by atoms with E-state index in [4.69, 9.17) is 4.74 Å². The summed E-state index contributed by atoms with van der Waals surface area (Å²) in [6.07, 6.45) is 5.09. The molecule has 0 amide bonds. The van der Waals surface area contributed by atoms with E-state index in [2.05, 4.69) is 13.8 Å². The van der Waals surface area contributed by atoms with Crippen LogP contribution in [-0.4, -0.2) is 6.61 Å². The zero-order valence-corrected chi connectivity index (χ0v) is 8.10. The van der Waals surface area contributed by atoms with E-state index < -0.39 is 0 Å². The number of rotatable bonds is 0. The van der Waals surface area contributed by atoms with E-state index in [1.165, 1.54) is 31.4 Å². The minimum atomic E-state index is 0.782. The Kier molecular flexibility index (Phi) is 2.12. The smallest absolute Gasteiger partial charge is 0.0957 e. The van der Waals surface area contributed by atoms with E-state index in [1.807, 2.05) is 0 Å². The third-order valence-electron chi connectivity index (χ3n) is 3.11. The summed E-state index contributed by atoms with van der Waals surface area (Å²) in [7, 11) is 0. The second kappa shape index (κ2) is 3.12. The third-order valence-corrected chi connectivity index (χ3v) is 3.11. The molecule has 2 rings (SSSR count). The lowest BCUT2D eigenvalue weighted by Gasteiger charge is -2.33. The molecule has 0 fully saturated rings. The van der Waals surface area contributed by atoms with Crippen molar-refractivity contribution in [3.8, 4) is 0 Å². The van der Waals surface area contributed by atoms with Gasteiger partial charge in [0.15, 0.2) is 0 Å². The van der Waals surface area contributed by atoms with Crippen molar-refractivity contribution >= 4 is 0 Å². The second-order valence-corrected chi connectivity index (χ2v) is 4.35. The molecule has 0 radical (unpaired) electrons. The Balaban J connectivity index is 2.20. The standard InChI is InChI=1S/C11H18O/c1-8-6-9(2)10-4-3-5-12-11(10)7-8/h8-9H,3-7H2,1-2H3/t8-,9-/m0/s1. The van der Waals surface area contributed by atoms with Crippen LogP contribution in [0.15, 0.2) is 11.3 Å². The summed E-state index contributed by atoms with van der Waals surface area (Å²) < 4.78 is 5.70. The molecule has 12 heavy (non-hydrogen) atoms. The third kappa shape index (κ3) is 1.37. The first-order valence-electron chi connectivity index (χ1n) is 5.12. The number of allylic oxidation sites excluding steroid dienone is 2. The highest BCUT2D eigenvalue weighted by atomic mass is 16.5. The van der Waals surface area contributed by atoms with Crippen molar-refractivity contribution in [3.05, 3.63) is 11.3 Å². The number of hydrogen-bond acceptors (Lipinski definition) is 1. The first-order valence-corrected chi connectivity index (χ1v) is 5.12. The van der Waals surface area contributed by atoms with Gasteiger partial charge in [-0.25, -0.2) is 0 Å². The fourth-order valence-electron chi connectivity index (χ4n) is 2.55. The van der Waals surface area contributed by atoms with Crippen LogP contribution in [0.4, 0.5) is 0 Å². The fourth-order valence-corrected chi connectivity index (χ4v) is 2.55. The minimum Gasteiger partial charge on any atom is -0.498 e. The highest BCUT2D eigenvalue weighted by Gasteiger charge is 2.26. The van der Waals surface area contributed by atoms with Crippen LogP contribution in [0.3, 0.4) is 0 Å². The van der Waals surface area contributed by atoms with E-state index >= 15 is 0 Å². The summed E-state index contributed by atoms with van der Waals surface area (Å²) in [5.74, 6) is 2.95. The molecule has 1 heteroatoms. The lowest BCUT2D eigenvalue weighted by molar-refractivity contribution is 0.146. The first kappa shape index (κ1) is 8.15. The van der Waals surface area contributed by atoms with Gasteiger partial charge in [-0.1, -0.05) is 13.8 Å². The fraction of sp³-hybridized carbons (Fsp3) is 0.818. The largest absolute Gasteiger partial charge is 0.498 e. The molecule has 0 saturated carbocycles. The van der Waals surface area contributed by atoms with Crippen molar-refractivity contribution in [3.63, 3.8) is 0 Å². The molecule has 68 valence electrons. The maximum absolute atomic E-state index is 5.70. The molecule has 1 nitrogen and oxygen atoms in total. The van der Waals surface area contributed by atoms with Gasteiger partial charge in [-0.15, -0.1) is 0 Å². The van der Waals surface area contributed by atoms with Crippen LogP contribution >= 0.6 is 0 Å². The van der Waals surface area contributed by atoms with Crippen molar-refractivity contribution in [2.75, 3.05) is 6.61 Å². The molecular formula is C11H18O. The van der Waals surface area contributed by atoms with Crippen molar-refractivity contribution in [2.24, 2.45) is 11.8 Å². The second-order valence-electron chi connectivity index (χ2n) is 4.35. The summed E-state index contributed by atoms with van der Waals surface area (Å²) in [4.78, 5) is 0. The van der Waals surface area contributed by atoms with Crippen LogP contribution in [0.5, 0.6) is 0 Å². The lowest BCUT2D eigenvalue weighted by atomic mass is 9.79. The van der Waals surface area contributed by atoms with E-state index in [0.717, 1.165) is 18.4 Å². The molecule has 0 aromatic rings. The predicted octanol–water partition coefficient (Wildman–Crippen LogP) is 3.12. The van der Waals surface area contributed by atoms with Gasteiger partial charge in [-0.2, -0.15) is 0 Å². The molecule has 0 saturated heterocycles. The van der Waals surface area contributed by atoms with E-state index in [1.54, 1.807) is 5.57 Å². The molecule has 0 N–H and O–H groups in total. The number of ether oxygens (including phenoxy) is 1. The van der Waals surface area contributed by atoms with Gasteiger partial charge >= 0.3 is 0 Å². The van der Waals surface area contributed by atoms with Crippen LogP contribution in [0.1, 0.15) is 39.5 Å². The first-order chi connectivity index (χ1) is 5.77. The van der Waals surface area contributed by atoms with Crippen LogP contribution < -0.4 is 0 Å². The Labute approximate surface area is 74.8 Å². The highest BCUT2D eigenvalue weighted by Crippen LogP contribution is 2.38. The molecule has 0 unspecified atom stereocenters. The number of hydrogen-bond donors (Lipinski definition) is 0. The molecule has 1 heterocycles. The molecule has 0 bridgehead atoms. The lowest BCUT2D eigenvalue weighted by Crippen LogP contribution is -2.20.